The Labute approximate surface area is 153 Å². The Morgan fingerprint density at radius 3 is 2.31 bits per heavy atom. The summed E-state index contributed by atoms with van der Waals surface area (Å²) in [7, 11) is 1.78. The minimum Gasteiger partial charge on any atom is -0.404 e. The van der Waals surface area contributed by atoms with E-state index in [1.165, 1.54) is 12.3 Å². The van der Waals surface area contributed by atoms with Crippen LogP contribution >= 0.6 is 0 Å². The highest BCUT2D eigenvalue weighted by atomic mass is 16.2. The number of hydrogen-bond acceptors (Lipinski definition) is 4. The zero-order valence-electron chi connectivity index (χ0n) is 15.5. The summed E-state index contributed by atoms with van der Waals surface area (Å²) in [5.41, 5.74) is 8.71. The Hall–Kier alpha value is -3.15. The number of allylic oxidation sites excluding steroid dienone is 3. The third kappa shape index (κ3) is 4.69. The molecule has 6 heteroatoms. The first-order valence-electron chi connectivity index (χ1n) is 8.24. The van der Waals surface area contributed by atoms with E-state index < -0.39 is 0 Å². The van der Waals surface area contributed by atoms with Crippen LogP contribution < -0.4 is 11.1 Å². The maximum Gasteiger partial charge on any atom is 0.255 e. The van der Waals surface area contributed by atoms with E-state index in [0.29, 0.717) is 17.4 Å². The van der Waals surface area contributed by atoms with Gasteiger partial charge in [-0.1, -0.05) is 32.9 Å². The molecule has 136 valence electrons. The molecule has 1 amide bonds. The lowest BCUT2D eigenvalue weighted by Gasteiger charge is -2.19. The van der Waals surface area contributed by atoms with Gasteiger partial charge in [0.1, 0.15) is 0 Å². The van der Waals surface area contributed by atoms with E-state index in [1.807, 2.05) is 12.1 Å². The fraction of sp³-hybridized carbons (Fsp3) is 0.250. The van der Waals surface area contributed by atoms with Crippen LogP contribution in [0.1, 0.15) is 42.3 Å². The second-order valence-corrected chi connectivity index (χ2v) is 7.02. The summed E-state index contributed by atoms with van der Waals surface area (Å²) in [5.74, 6) is -0.355. The number of nitrogens with one attached hydrogen (secondary N) is 1. The summed E-state index contributed by atoms with van der Waals surface area (Å²) in [5, 5.41) is 6.68. The summed E-state index contributed by atoms with van der Waals surface area (Å²) in [6, 6.07) is 7.33. The summed E-state index contributed by atoms with van der Waals surface area (Å²) in [4.78, 5) is 23.8. The summed E-state index contributed by atoms with van der Waals surface area (Å²) >= 11 is 0. The molecular weight excluding hydrogens is 328 g/mol. The van der Waals surface area contributed by atoms with Gasteiger partial charge in [-0.25, -0.2) is 0 Å². The maximum absolute atomic E-state index is 12.4. The van der Waals surface area contributed by atoms with Gasteiger partial charge in [-0.2, -0.15) is 5.10 Å². The quantitative estimate of drug-likeness (QED) is 0.491. The van der Waals surface area contributed by atoms with E-state index in [4.69, 9.17) is 5.73 Å². The molecule has 0 bridgehead atoms. The molecule has 2 rings (SSSR count). The fourth-order valence-electron chi connectivity index (χ4n) is 2.39. The van der Waals surface area contributed by atoms with Crippen molar-refractivity contribution in [2.75, 3.05) is 0 Å². The normalized spacial score (nSPS) is 12.8. The number of rotatable bonds is 5. The second-order valence-electron chi connectivity index (χ2n) is 7.02. The van der Waals surface area contributed by atoms with Gasteiger partial charge in [0.2, 0.25) is 0 Å². The van der Waals surface area contributed by atoms with Crippen molar-refractivity contribution >= 4 is 17.8 Å². The van der Waals surface area contributed by atoms with Crippen LogP contribution in [0.25, 0.3) is 5.57 Å². The molecule has 2 aromatic rings. The summed E-state index contributed by atoms with van der Waals surface area (Å²) in [6.07, 6.45) is 6.87. The number of carbonyl (C=O) groups is 2. The van der Waals surface area contributed by atoms with E-state index in [-0.39, 0.29) is 17.0 Å². The van der Waals surface area contributed by atoms with Crippen molar-refractivity contribution in [3.8, 4) is 0 Å². The highest BCUT2D eigenvalue weighted by Crippen LogP contribution is 2.22. The molecule has 1 aromatic heterocycles. The number of carbonyl (C=O) groups excluding carboxylic acids is 2. The van der Waals surface area contributed by atoms with Crippen molar-refractivity contribution in [3.63, 3.8) is 0 Å². The van der Waals surface area contributed by atoms with E-state index in [0.717, 1.165) is 11.1 Å². The Morgan fingerprint density at radius 1 is 1.19 bits per heavy atom. The Balaban J connectivity index is 2.18. The third-order valence-corrected chi connectivity index (χ3v) is 3.93. The van der Waals surface area contributed by atoms with Crippen molar-refractivity contribution < 1.29 is 9.59 Å². The predicted octanol–water partition coefficient (Wildman–Crippen LogP) is 2.53. The number of hydrogen-bond donors (Lipinski definition) is 2. The van der Waals surface area contributed by atoms with Crippen molar-refractivity contribution in [2.24, 2.45) is 12.8 Å². The molecular formula is C20H24N4O2. The van der Waals surface area contributed by atoms with Crippen LogP contribution in [-0.4, -0.2) is 22.0 Å². The predicted molar refractivity (Wildman–Crippen MR) is 102 cm³/mol. The monoisotopic (exact) mass is 352 g/mol. The van der Waals surface area contributed by atoms with Gasteiger partial charge in [0, 0.05) is 36.1 Å². The molecule has 0 radical (unpaired) electrons. The van der Waals surface area contributed by atoms with Crippen molar-refractivity contribution in [1.29, 1.82) is 0 Å². The van der Waals surface area contributed by atoms with Crippen LogP contribution in [0.15, 0.2) is 54.6 Å². The third-order valence-electron chi connectivity index (χ3n) is 3.93. The second kappa shape index (κ2) is 7.82. The molecule has 0 aliphatic carbocycles. The molecule has 0 fully saturated rings. The number of amides is 1. The Kier molecular flexibility index (Phi) is 5.77. The first kappa shape index (κ1) is 19.2. The molecule has 1 heterocycles. The lowest BCUT2D eigenvalue weighted by molar-refractivity contribution is -0.105. The molecule has 6 nitrogen and oxygen atoms in total. The summed E-state index contributed by atoms with van der Waals surface area (Å²) in [6.45, 7) is 6.32. The largest absolute Gasteiger partial charge is 0.404 e. The van der Waals surface area contributed by atoms with Gasteiger partial charge in [0.15, 0.2) is 6.29 Å². The van der Waals surface area contributed by atoms with Gasteiger partial charge < -0.3 is 11.1 Å². The van der Waals surface area contributed by atoms with Crippen molar-refractivity contribution in [2.45, 2.75) is 26.2 Å². The van der Waals surface area contributed by atoms with Crippen LogP contribution in [0.5, 0.6) is 0 Å². The highest BCUT2D eigenvalue weighted by molar-refractivity contribution is 5.99. The first-order chi connectivity index (χ1) is 12.2. The Bertz CT molecular complexity index is 853. The molecule has 0 aliphatic heterocycles. The molecule has 3 N–H and O–H groups in total. The van der Waals surface area contributed by atoms with Gasteiger partial charge in [-0.15, -0.1) is 0 Å². The number of nitrogens with two attached hydrogens (primary N) is 1. The molecule has 0 atom stereocenters. The average Bonchev–Trinajstić information content (AvgIpc) is 3.04. The van der Waals surface area contributed by atoms with Gasteiger partial charge >= 0.3 is 0 Å². The average molecular weight is 352 g/mol. The number of aldehydes is 1. The molecule has 0 unspecified atom stereocenters. The van der Waals surface area contributed by atoms with Gasteiger partial charge in [0.25, 0.3) is 5.91 Å². The Morgan fingerprint density at radius 2 is 1.85 bits per heavy atom. The minimum absolute atomic E-state index is 0.00735. The van der Waals surface area contributed by atoms with Crippen LogP contribution in [0.4, 0.5) is 0 Å². The highest BCUT2D eigenvalue weighted by Gasteiger charge is 2.15. The molecule has 26 heavy (non-hydrogen) atoms. The number of aromatic nitrogens is 2. The molecule has 0 spiro atoms. The fourth-order valence-corrected chi connectivity index (χ4v) is 2.39. The maximum atomic E-state index is 12.4. The standard InChI is InChI=1S/C20H24N4O2/c1-20(2,3)17-7-5-14(6-8-17)19(26)23-18(13-25)9-15(10-21)16-11-22-24(4)12-16/h5-13H,21H2,1-4H3,(H,23,26)/b15-10+,18-9+. The number of benzene rings is 1. The zero-order valence-corrected chi connectivity index (χ0v) is 15.5. The van der Waals surface area contributed by atoms with E-state index in [1.54, 1.807) is 36.3 Å². The molecule has 0 saturated heterocycles. The van der Waals surface area contributed by atoms with Crippen molar-refractivity contribution in [3.05, 3.63) is 71.3 Å². The minimum atomic E-state index is -0.355. The van der Waals surface area contributed by atoms with Crippen LogP contribution in [0, 0.1) is 0 Å². The van der Waals surface area contributed by atoms with Crippen LogP contribution in [0.3, 0.4) is 0 Å². The van der Waals surface area contributed by atoms with Gasteiger partial charge in [0.05, 0.1) is 11.9 Å². The number of aryl methyl sites for hydroxylation is 1. The van der Waals surface area contributed by atoms with E-state index >= 15 is 0 Å². The zero-order chi connectivity index (χ0) is 19.3. The SMILES string of the molecule is Cn1cc(C(/C=C(\C=O)NC(=O)c2ccc(C(C)(C)C)cc2)=C/N)cn1. The lowest BCUT2D eigenvalue weighted by atomic mass is 9.87. The van der Waals surface area contributed by atoms with E-state index in [2.05, 4.69) is 31.2 Å². The van der Waals surface area contributed by atoms with Crippen molar-refractivity contribution in [1.82, 2.24) is 15.1 Å². The van der Waals surface area contributed by atoms with Crippen LogP contribution in [0.2, 0.25) is 0 Å². The molecule has 1 aromatic carbocycles. The smallest absolute Gasteiger partial charge is 0.255 e. The lowest BCUT2D eigenvalue weighted by Crippen LogP contribution is -2.24. The summed E-state index contributed by atoms with van der Waals surface area (Å²) < 4.78 is 1.63. The van der Waals surface area contributed by atoms with Gasteiger partial charge in [-0.3, -0.25) is 14.3 Å². The molecule has 0 aliphatic rings. The molecule has 0 saturated carbocycles. The van der Waals surface area contributed by atoms with Crippen LogP contribution in [-0.2, 0) is 17.3 Å². The van der Waals surface area contributed by atoms with E-state index in [9.17, 15) is 9.59 Å². The number of nitrogens with zero attached hydrogens (tertiary/aromatic N) is 2. The topological polar surface area (TPSA) is 90.0 Å². The first-order valence-corrected chi connectivity index (χ1v) is 8.24. The van der Waals surface area contributed by atoms with Gasteiger partial charge in [-0.05, 0) is 29.2 Å².